The summed E-state index contributed by atoms with van der Waals surface area (Å²) in [6, 6.07) is 8.02. The first-order chi connectivity index (χ1) is 9.72. The second kappa shape index (κ2) is 7.11. The van der Waals surface area contributed by atoms with Crippen molar-refractivity contribution in [2.45, 2.75) is 32.6 Å². The van der Waals surface area contributed by atoms with Crippen molar-refractivity contribution in [2.24, 2.45) is 0 Å². The minimum Gasteiger partial charge on any atom is -0.481 e. The summed E-state index contributed by atoms with van der Waals surface area (Å²) in [5.41, 5.74) is 2.19. The number of likely N-dealkylation sites (N-methyl/N-ethyl adjacent to an activating group) is 1. The Morgan fingerprint density at radius 2 is 1.81 bits per heavy atom. The third-order valence-electron chi connectivity index (χ3n) is 3.43. The molecule has 5 nitrogen and oxygen atoms in total. The Labute approximate surface area is 126 Å². The summed E-state index contributed by atoms with van der Waals surface area (Å²) in [6.07, 6.45) is -0.0685. The van der Waals surface area contributed by atoms with Gasteiger partial charge in [0.1, 0.15) is 0 Å². The molecule has 0 bridgehead atoms. The largest absolute Gasteiger partial charge is 0.481 e. The second-order valence-electron chi connectivity index (χ2n) is 5.98. The van der Waals surface area contributed by atoms with Gasteiger partial charge in [0.25, 0.3) is 0 Å². The van der Waals surface area contributed by atoms with Crippen LogP contribution in [-0.2, 0) is 10.2 Å². The van der Waals surface area contributed by atoms with Crippen LogP contribution in [-0.4, -0.2) is 42.1 Å². The molecule has 1 aromatic carbocycles. The van der Waals surface area contributed by atoms with Gasteiger partial charge in [0, 0.05) is 25.6 Å². The van der Waals surface area contributed by atoms with Gasteiger partial charge in [-0.25, -0.2) is 4.79 Å². The fourth-order valence-corrected chi connectivity index (χ4v) is 2.17. The summed E-state index contributed by atoms with van der Waals surface area (Å²) in [5, 5.41) is 11.2. The lowest BCUT2D eigenvalue weighted by Crippen LogP contribution is -2.44. The Morgan fingerprint density at radius 1 is 1.24 bits per heavy atom. The molecular formula is C16H24N2O3. The summed E-state index contributed by atoms with van der Waals surface area (Å²) >= 11 is 0. The maximum Gasteiger partial charge on any atom is 0.317 e. The third-order valence-corrected chi connectivity index (χ3v) is 3.43. The number of aliphatic carboxylic acids is 1. The molecule has 0 aliphatic rings. The molecule has 0 atom stereocenters. The summed E-state index contributed by atoms with van der Waals surface area (Å²) in [4.78, 5) is 23.9. The number of carbonyl (C=O) groups is 2. The normalized spacial score (nSPS) is 11.0. The highest BCUT2D eigenvalue weighted by Gasteiger charge is 2.24. The molecule has 1 aromatic rings. The summed E-state index contributed by atoms with van der Waals surface area (Å²) < 4.78 is 0. The Kier molecular flexibility index (Phi) is 5.76. The molecule has 0 heterocycles. The van der Waals surface area contributed by atoms with Crippen molar-refractivity contribution in [3.05, 3.63) is 35.4 Å². The van der Waals surface area contributed by atoms with Gasteiger partial charge in [0.15, 0.2) is 0 Å². The van der Waals surface area contributed by atoms with E-state index in [0.29, 0.717) is 6.54 Å². The number of nitrogens with zero attached hydrogens (tertiary/aromatic N) is 1. The average molecular weight is 292 g/mol. The van der Waals surface area contributed by atoms with E-state index in [0.717, 1.165) is 0 Å². The van der Waals surface area contributed by atoms with Crippen LogP contribution >= 0.6 is 0 Å². The van der Waals surface area contributed by atoms with Gasteiger partial charge in [-0.3, -0.25) is 4.79 Å². The molecule has 0 fully saturated rings. The highest BCUT2D eigenvalue weighted by Crippen LogP contribution is 2.24. The first-order valence-corrected chi connectivity index (χ1v) is 7.00. The summed E-state index contributed by atoms with van der Waals surface area (Å²) in [6.45, 7) is 6.90. The van der Waals surface area contributed by atoms with Crippen molar-refractivity contribution in [3.8, 4) is 0 Å². The number of carboxylic acid groups (broad SMARTS) is 1. The van der Waals surface area contributed by atoms with E-state index in [9.17, 15) is 9.59 Å². The maximum atomic E-state index is 11.9. The Bertz CT molecular complexity index is 495. The van der Waals surface area contributed by atoms with E-state index in [-0.39, 0.29) is 24.4 Å². The number of urea groups is 1. The van der Waals surface area contributed by atoms with E-state index >= 15 is 0 Å². The summed E-state index contributed by atoms with van der Waals surface area (Å²) in [5.74, 6) is -0.919. The number of benzene rings is 1. The van der Waals surface area contributed by atoms with Crippen LogP contribution < -0.4 is 5.32 Å². The molecule has 2 amide bonds. The third kappa shape index (κ3) is 5.45. The minimum absolute atomic E-state index is 0.0685. The molecule has 21 heavy (non-hydrogen) atoms. The van der Waals surface area contributed by atoms with Crippen molar-refractivity contribution >= 4 is 12.0 Å². The van der Waals surface area contributed by atoms with Gasteiger partial charge in [-0.2, -0.15) is 0 Å². The van der Waals surface area contributed by atoms with Crippen LogP contribution in [0.5, 0.6) is 0 Å². The molecule has 5 heteroatoms. The fraction of sp³-hybridized carbons (Fsp3) is 0.500. The van der Waals surface area contributed by atoms with Gasteiger partial charge >= 0.3 is 12.0 Å². The second-order valence-corrected chi connectivity index (χ2v) is 5.98. The number of amides is 2. The van der Waals surface area contributed by atoms with Gasteiger partial charge in [-0.1, -0.05) is 43.7 Å². The first-order valence-electron chi connectivity index (χ1n) is 7.00. The molecule has 0 aliphatic carbocycles. The zero-order valence-corrected chi connectivity index (χ0v) is 13.1. The topological polar surface area (TPSA) is 69.6 Å². The first kappa shape index (κ1) is 17.0. The molecule has 2 N–H and O–H groups in total. The van der Waals surface area contributed by atoms with E-state index in [1.165, 1.54) is 11.1 Å². The molecule has 0 saturated heterocycles. The van der Waals surface area contributed by atoms with Crippen molar-refractivity contribution in [3.63, 3.8) is 0 Å². The molecular weight excluding hydrogens is 268 g/mol. The number of nitrogens with one attached hydrogen (secondary N) is 1. The number of rotatable bonds is 6. The predicted molar refractivity (Wildman–Crippen MR) is 82.5 cm³/mol. The zero-order chi connectivity index (χ0) is 16.0. The summed E-state index contributed by atoms with van der Waals surface area (Å²) in [7, 11) is 1.71. The number of aryl methyl sites for hydroxylation is 1. The van der Waals surface area contributed by atoms with Gasteiger partial charge in [0.2, 0.25) is 0 Å². The predicted octanol–water partition coefficient (Wildman–Crippen LogP) is 2.39. The lowest BCUT2D eigenvalue weighted by molar-refractivity contribution is -0.136. The molecule has 0 radical (unpaired) electrons. The van der Waals surface area contributed by atoms with E-state index in [1.54, 1.807) is 11.9 Å². The van der Waals surface area contributed by atoms with E-state index in [2.05, 4.69) is 43.4 Å². The fourth-order valence-electron chi connectivity index (χ4n) is 2.17. The van der Waals surface area contributed by atoms with Gasteiger partial charge in [-0.05, 0) is 12.5 Å². The number of carbonyl (C=O) groups excluding carboxylic acids is 1. The highest BCUT2D eigenvalue weighted by atomic mass is 16.4. The van der Waals surface area contributed by atoms with Crippen LogP contribution in [0, 0.1) is 6.92 Å². The maximum absolute atomic E-state index is 11.9. The molecule has 0 unspecified atom stereocenters. The molecule has 0 aliphatic heterocycles. The van der Waals surface area contributed by atoms with E-state index in [1.807, 2.05) is 6.92 Å². The van der Waals surface area contributed by atoms with Crippen LogP contribution in [0.1, 0.15) is 31.4 Å². The van der Waals surface area contributed by atoms with E-state index < -0.39 is 5.97 Å². The van der Waals surface area contributed by atoms with E-state index in [4.69, 9.17) is 5.11 Å². The number of carboxylic acids is 1. The van der Waals surface area contributed by atoms with Crippen molar-refractivity contribution in [1.82, 2.24) is 10.2 Å². The van der Waals surface area contributed by atoms with Crippen LogP contribution in [0.25, 0.3) is 0 Å². The SMILES string of the molecule is Cc1ccc(C(C)(C)CN(C)C(=O)NCCC(=O)O)cc1. The quantitative estimate of drug-likeness (QED) is 0.846. The van der Waals surface area contributed by atoms with Gasteiger partial charge < -0.3 is 15.3 Å². The van der Waals surface area contributed by atoms with Crippen molar-refractivity contribution in [2.75, 3.05) is 20.1 Å². The average Bonchev–Trinajstić information content (AvgIpc) is 2.38. The Hall–Kier alpha value is -2.04. The number of hydrogen-bond acceptors (Lipinski definition) is 2. The standard InChI is InChI=1S/C16H24N2O3/c1-12-5-7-13(8-6-12)16(2,3)11-18(4)15(21)17-10-9-14(19)20/h5-8H,9-11H2,1-4H3,(H,17,21)(H,19,20). The lowest BCUT2D eigenvalue weighted by Gasteiger charge is -2.31. The highest BCUT2D eigenvalue weighted by molar-refractivity contribution is 5.75. The Balaban J connectivity index is 2.59. The molecule has 116 valence electrons. The van der Waals surface area contributed by atoms with Gasteiger partial charge in [0.05, 0.1) is 6.42 Å². The molecule has 0 aromatic heterocycles. The van der Waals surface area contributed by atoms with Gasteiger partial charge in [-0.15, -0.1) is 0 Å². The van der Waals surface area contributed by atoms with Crippen LogP contribution in [0.2, 0.25) is 0 Å². The lowest BCUT2D eigenvalue weighted by atomic mass is 9.84. The monoisotopic (exact) mass is 292 g/mol. The number of hydrogen-bond donors (Lipinski definition) is 2. The van der Waals surface area contributed by atoms with Crippen LogP contribution in [0.15, 0.2) is 24.3 Å². The molecule has 0 saturated carbocycles. The molecule has 1 rings (SSSR count). The van der Waals surface area contributed by atoms with Crippen molar-refractivity contribution < 1.29 is 14.7 Å². The van der Waals surface area contributed by atoms with Crippen LogP contribution in [0.3, 0.4) is 0 Å². The van der Waals surface area contributed by atoms with Crippen LogP contribution in [0.4, 0.5) is 4.79 Å². The Morgan fingerprint density at radius 3 is 2.33 bits per heavy atom. The smallest absolute Gasteiger partial charge is 0.317 e. The zero-order valence-electron chi connectivity index (χ0n) is 13.1. The molecule has 0 spiro atoms. The van der Waals surface area contributed by atoms with Crippen molar-refractivity contribution in [1.29, 1.82) is 0 Å². The minimum atomic E-state index is -0.919.